The number of esters is 2. The van der Waals surface area contributed by atoms with Crippen LogP contribution >= 0.6 is 0 Å². The fourth-order valence-corrected chi connectivity index (χ4v) is 8.83. The highest BCUT2D eigenvalue weighted by Crippen LogP contribution is 2.67. The van der Waals surface area contributed by atoms with Crippen LogP contribution in [0, 0.1) is 5.92 Å². The highest BCUT2D eigenvalue weighted by Gasteiger charge is 2.75. The van der Waals surface area contributed by atoms with Gasteiger partial charge in [0.05, 0.1) is 23.1 Å². The van der Waals surface area contributed by atoms with E-state index in [0.717, 1.165) is 23.3 Å². The number of hydrogen-bond donors (Lipinski definition) is 0. The van der Waals surface area contributed by atoms with Crippen LogP contribution in [0.4, 0.5) is 13.2 Å². The summed E-state index contributed by atoms with van der Waals surface area (Å²) in [7, 11) is 0. The van der Waals surface area contributed by atoms with Gasteiger partial charge in [0.15, 0.2) is 11.5 Å². The first-order valence-electron chi connectivity index (χ1n) is 16.4. The molecule has 4 aliphatic rings. The molecule has 2 aromatic rings. The van der Waals surface area contributed by atoms with Gasteiger partial charge in [0.1, 0.15) is 11.7 Å². The van der Waals surface area contributed by atoms with E-state index in [4.69, 9.17) is 14.2 Å². The molecule has 0 aromatic heterocycles. The molecule has 2 heterocycles. The molecule has 1 amide bonds. The van der Waals surface area contributed by atoms with E-state index in [1.165, 1.54) is 38.1 Å². The van der Waals surface area contributed by atoms with Crippen molar-refractivity contribution in [3.05, 3.63) is 77.4 Å². The van der Waals surface area contributed by atoms with Gasteiger partial charge < -0.3 is 19.1 Å². The average Bonchev–Trinajstić information content (AvgIpc) is 3.36. The largest absolute Gasteiger partial charge is 0.483 e. The van der Waals surface area contributed by atoms with Gasteiger partial charge in [-0.2, -0.15) is 13.2 Å². The lowest BCUT2D eigenvalue weighted by Gasteiger charge is -2.65. The second-order valence-electron chi connectivity index (χ2n) is 13.7. The van der Waals surface area contributed by atoms with Crippen LogP contribution in [-0.4, -0.2) is 71.1 Å². The molecule has 2 bridgehead atoms. The molecule has 5 atom stereocenters. The zero-order chi connectivity index (χ0) is 34.6. The molecule has 6 rings (SSSR count). The van der Waals surface area contributed by atoms with Crippen molar-refractivity contribution in [1.82, 2.24) is 9.80 Å². The minimum Gasteiger partial charge on any atom is -0.483 e. The van der Waals surface area contributed by atoms with Crippen molar-refractivity contribution in [2.45, 2.75) is 88.8 Å². The van der Waals surface area contributed by atoms with Crippen molar-refractivity contribution in [3.63, 3.8) is 0 Å². The Hall–Kier alpha value is -4.12. The van der Waals surface area contributed by atoms with Gasteiger partial charge in [-0.3, -0.25) is 19.3 Å². The highest BCUT2D eigenvalue weighted by molar-refractivity contribution is 5.92. The number of rotatable bonds is 9. The van der Waals surface area contributed by atoms with E-state index in [1.54, 1.807) is 11.0 Å². The van der Waals surface area contributed by atoms with E-state index in [0.29, 0.717) is 51.1 Å². The molecule has 48 heavy (non-hydrogen) atoms. The van der Waals surface area contributed by atoms with Crippen LogP contribution in [0.2, 0.25) is 0 Å². The third kappa shape index (κ3) is 5.49. The average molecular weight is 667 g/mol. The van der Waals surface area contributed by atoms with Gasteiger partial charge in [0, 0.05) is 45.1 Å². The molecule has 2 aliphatic carbocycles. The van der Waals surface area contributed by atoms with Crippen molar-refractivity contribution < 1.29 is 41.8 Å². The third-order valence-electron chi connectivity index (χ3n) is 10.3. The maximum atomic E-state index is 14.1. The van der Waals surface area contributed by atoms with Crippen molar-refractivity contribution in [3.8, 4) is 11.5 Å². The molecule has 1 saturated carbocycles. The lowest BCUT2D eigenvalue weighted by molar-refractivity contribution is -0.223. The second-order valence-corrected chi connectivity index (χ2v) is 13.7. The fraction of sp³-hybridized carbons (Fsp3) is 0.486. The summed E-state index contributed by atoms with van der Waals surface area (Å²) in [5.41, 5.74) is -0.517. The summed E-state index contributed by atoms with van der Waals surface area (Å²) in [5.74, 6) is -0.515. The van der Waals surface area contributed by atoms with Crippen LogP contribution in [0.1, 0.15) is 69.2 Å². The van der Waals surface area contributed by atoms with Gasteiger partial charge in [-0.25, -0.2) is 0 Å². The van der Waals surface area contributed by atoms with E-state index in [2.05, 4.69) is 11.5 Å². The first kappa shape index (κ1) is 33.8. The Morgan fingerprint density at radius 3 is 2.58 bits per heavy atom. The van der Waals surface area contributed by atoms with E-state index in [9.17, 15) is 27.6 Å². The molecular formula is C37H41F3N2O6. The maximum Gasteiger partial charge on any atom is 0.416 e. The molecule has 2 aliphatic heterocycles. The number of benzene rings is 2. The van der Waals surface area contributed by atoms with Gasteiger partial charge in [-0.05, 0) is 67.0 Å². The summed E-state index contributed by atoms with van der Waals surface area (Å²) in [5, 5.41) is 0. The zero-order valence-electron chi connectivity index (χ0n) is 27.6. The Morgan fingerprint density at radius 2 is 1.92 bits per heavy atom. The number of ether oxygens (including phenoxy) is 3. The minimum absolute atomic E-state index is 0.0538. The molecule has 11 heteroatoms. The summed E-state index contributed by atoms with van der Waals surface area (Å²) >= 11 is 0. The first-order valence-corrected chi connectivity index (χ1v) is 16.4. The van der Waals surface area contributed by atoms with Crippen molar-refractivity contribution in [1.29, 1.82) is 0 Å². The van der Waals surface area contributed by atoms with Crippen molar-refractivity contribution in [2.24, 2.45) is 5.92 Å². The van der Waals surface area contributed by atoms with Gasteiger partial charge in [-0.15, -0.1) is 6.58 Å². The van der Waals surface area contributed by atoms with Crippen molar-refractivity contribution >= 4 is 23.9 Å². The third-order valence-corrected chi connectivity index (χ3v) is 10.3. The molecule has 0 radical (unpaired) electrons. The highest BCUT2D eigenvalue weighted by atomic mass is 19.4. The molecule has 2 unspecified atom stereocenters. The van der Waals surface area contributed by atoms with Gasteiger partial charge >= 0.3 is 18.1 Å². The zero-order valence-corrected chi connectivity index (χ0v) is 27.6. The van der Waals surface area contributed by atoms with Crippen LogP contribution in [0.3, 0.4) is 0 Å². The van der Waals surface area contributed by atoms with Crippen LogP contribution < -0.4 is 9.47 Å². The van der Waals surface area contributed by atoms with Crippen LogP contribution in [0.5, 0.6) is 11.5 Å². The van der Waals surface area contributed by atoms with E-state index < -0.39 is 46.8 Å². The van der Waals surface area contributed by atoms with Gasteiger partial charge in [-0.1, -0.05) is 38.1 Å². The molecule has 1 saturated heterocycles. The number of carbonyl (C=O) groups is 3. The van der Waals surface area contributed by atoms with Crippen LogP contribution in [0.15, 0.2) is 55.1 Å². The number of hydrogen-bond acceptors (Lipinski definition) is 7. The number of carbonyl (C=O) groups excluding carboxylic acids is 3. The summed E-state index contributed by atoms with van der Waals surface area (Å²) < 4.78 is 59.2. The van der Waals surface area contributed by atoms with Gasteiger partial charge in [0.2, 0.25) is 5.91 Å². The van der Waals surface area contributed by atoms with E-state index in [1.807, 2.05) is 26.0 Å². The molecular weight excluding hydrogens is 625 g/mol. The SMILES string of the molecule is C=CCN1CC[C@]23c4c5ccc(OC(C)=O)c4OC2C(N(CC(C)C)C(=O)/C=C/c2cccc(C(F)(F)F)c2)CC[C@@]3(OC(C)=O)[C@H]1C5. The Morgan fingerprint density at radius 1 is 1.15 bits per heavy atom. The van der Waals surface area contributed by atoms with Crippen LogP contribution in [-0.2, 0) is 37.1 Å². The number of halogens is 3. The van der Waals surface area contributed by atoms with E-state index >= 15 is 0 Å². The second kappa shape index (κ2) is 12.4. The number of nitrogens with zero attached hydrogens (tertiary/aromatic N) is 2. The fourth-order valence-electron chi connectivity index (χ4n) is 8.83. The normalized spacial score (nSPS) is 27.3. The quantitative estimate of drug-likeness (QED) is 0.138. The summed E-state index contributed by atoms with van der Waals surface area (Å²) in [6.45, 7) is 12.3. The lowest BCUT2D eigenvalue weighted by Crippen LogP contribution is -2.79. The smallest absolute Gasteiger partial charge is 0.416 e. The predicted molar refractivity (Wildman–Crippen MR) is 172 cm³/mol. The maximum absolute atomic E-state index is 14.1. The summed E-state index contributed by atoms with van der Waals surface area (Å²) in [6, 6.07) is 7.85. The summed E-state index contributed by atoms with van der Waals surface area (Å²) in [6.07, 6.45) is 1.43. The van der Waals surface area contributed by atoms with E-state index in [-0.39, 0.29) is 29.2 Å². The summed E-state index contributed by atoms with van der Waals surface area (Å²) in [4.78, 5) is 43.3. The monoisotopic (exact) mass is 666 g/mol. The minimum atomic E-state index is -4.51. The topological polar surface area (TPSA) is 85.4 Å². The predicted octanol–water partition coefficient (Wildman–Crippen LogP) is 6.11. The van der Waals surface area contributed by atoms with Crippen LogP contribution in [0.25, 0.3) is 6.08 Å². The Bertz CT molecular complexity index is 1670. The molecule has 2 aromatic carbocycles. The molecule has 1 spiro atoms. The Balaban J connectivity index is 1.47. The molecule has 2 fully saturated rings. The number of amides is 1. The Labute approximate surface area is 278 Å². The standard InChI is InChI=1S/C37H41F3N2O6/c1-6-17-41-18-16-35-32-26-11-12-29(46-23(4)43)33(32)47-34(35)28(14-15-36(35,30(41)20-26)48-24(5)44)42(21-22(2)3)31(45)13-10-25-8-7-9-27(19-25)37(38,39)40/h6-13,19,22,28,30,34H,1,14-18,20-21H2,2-5H3/b13-10+/t28?,30-,34?,35+,36-/m1/s1. The van der Waals surface area contributed by atoms with Gasteiger partial charge in [0.25, 0.3) is 0 Å². The molecule has 0 N–H and O–H groups in total. The Kier molecular flexibility index (Phi) is 8.72. The molecule has 8 nitrogen and oxygen atoms in total. The number of alkyl halides is 3. The first-order chi connectivity index (χ1) is 22.7. The number of piperidine rings is 1. The number of likely N-dealkylation sites (tertiary alicyclic amines) is 1. The van der Waals surface area contributed by atoms with Crippen molar-refractivity contribution in [2.75, 3.05) is 19.6 Å². The lowest BCUT2D eigenvalue weighted by atomic mass is 9.48. The molecule has 256 valence electrons.